The van der Waals surface area contributed by atoms with Crippen LogP contribution < -0.4 is 16.0 Å². The van der Waals surface area contributed by atoms with E-state index >= 15 is 0 Å². The van der Waals surface area contributed by atoms with Crippen LogP contribution in [-0.2, 0) is 4.79 Å². The van der Waals surface area contributed by atoms with Gasteiger partial charge in [0.25, 0.3) is 5.91 Å². The number of rotatable bonds is 6. The standard InChI is InChI=1S/C19H20FN3O2S/c1-2-3-7-17(24)23-19(26)22-16-6-4-5-13(12-16)18(25)21-15-10-8-14(20)9-11-15/h4-6,8-12H,2-3,7H2,1H3,(H,21,25)(H2,22,23,24,26). The number of hydrogen-bond donors (Lipinski definition) is 3. The van der Waals surface area contributed by atoms with E-state index in [9.17, 15) is 14.0 Å². The predicted molar refractivity (Wildman–Crippen MR) is 105 cm³/mol. The number of nitrogens with one attached hydrogen (secondary N) is 3. The summed E-state index contributed by atoms with van der Waals surface area (Å²) in [5.41, 5.74) is 1.48. The highest BCUT2D eigenvalue weighted by atomic mass is 32.1. The van der Waals surface area contributed by atoms with Crippen molar-refractivity contribution < 1.29 is 14.0 Å². The SMILES string of the molecule is CCCCC(=O)NC(=S)Nc1cccc(C(=O)Nc2ccc(F)cc2)c1. The molecule has 0 bridgehead atoms. The van der Waals surface area contributed by atoms with E-state index in [1.165, 1.54) is 24.3 Å². The zero-order chi connectivity index (χ0) is 18.9. The highest BCUT2D eigenvalue weighted by molar-refractivity contribution is 7.80. The Morgan fingerprint density at radius 3 is 2.46 bits per heavy atom. The Hall–Kier alpha value is -2.80. The van der Waals surface area contributed by atoms with Crippen molar-refractivity contribution in [3.63, 3.8) is 0 Å². The minimum absolute atomic E-state index is 0.144. The molecule has 0 saturated heterocycles. The molecule has 136 valence electrons. The first-order valence-corrected chi connectivity index (χ1v) is 8.66. The monoisotopic (exact) mass is 373 g/mol. The summed E-state index contributed by atoms with van der Waals surface area (Å²) < 4.78 is 12.9. The quantitative estimate of drug-likeness (QED) is 0.667. The summed E-state index contributed by atoms with van der Waals surface area (Å²) in [6.07, 6.45) is 2.14. The fourth-order valence-corrected chi connectivity index (χ4v) is 2.40. The van der Waals surface area contributed by atoms with Crippen LogP contribution in [0.25, 0.3) is 0 Å². The average molecular weight is 373 g/mol. The fourth-order valence-electron chi connectivity index (χ4n) is 2.16. The van der Waals surface area contributed by atoms with E-state index in [-0.39, 0.29) is 22.7 Å². The summed E-state index contributed by atoms with van der Waals surface area (Å²) in [7, 11) is 0. The van der Waals surface area contributed by atoms with E-state index < -0.39 is 0 Å². The topological polar surface area (TPSA) is 70.2 Å². The maximum absolute atomic E-state index is 12.9. The van der Waals surface area contributed by atoms with E-state index in [0.29, 0.717) is 23.4 Å². The van der Waals surface area contributed by atoms with Gasteiger partial charge in [-0.05, 0) is 61.1 Å². The number of anilines is 2. The third kappa shape index (κ3) is 6.25. The van der Waals surface area contributed by atoms with Crippen LogP contribution in [0.4, 0.5) is 15.8 Å². The second-order valence-electron chi connectivity index (χ2n) is 5.65. The molecule has 0 aliphatic rings. The van der Waals surface area contributed by atoms with Crippen molar-refractivity contribution in [1.29, 1.82) is 0 Å². The predicted octanol–water partition coefficient (Wildman–Crippen LogP) is 4.08. The molecule has 2 amide bonds. The number of unbranched alkanes of at least 4 members (excludes halogenated alkanes) is 1. The first kappa shape index (κ1) is 19.5. The lowest BCUT2D eigenvalue weighted by atomic mass is 10.2. The van der Waals surface area contributed by atoms with Gasteiger partial charge in [-0.25, -0.2) is 4.39 Å². The largest absolute Gasteiger partial charge is 0.332 e. The molecule has 0 saturated carbocycles. The van der Waals surface area contributed by atoms with Crippen molar-refractivity contribution in [2.45, 2.75) is 26.2 Å². The van der Waals surface area contributed by atoms with Crippen LogP contribution in [0.15, 0.2) is 48.5 Å². The first-order chi connectivity index (χ1) is 12.5. The van der Waals surface area contributed by atoms with Gasteiger partial charge < -0.3 is 16.0 Å². The second kappa shape index (κ2) is 9.62. The van der Waals surface area contributed by atoms with Crippen LogP contribution in [0, 0.1) is 5.82 Å². The van der Waals surface area contributed by atoms with E-state index in [1.807, 2.05) is 6.92 Å². The Balaban J connectivity index is 1.96. The van der Waals surface area contributed by atoms with Crippen molar-refractivity contribution >= 4 is 40.5 Å². The highest BCUT2D eigenvalue weighted by Crippen LogP contribution is 2.14. The number of thiocarbonyl (C=S) groups is 1. The molecule has 0 heterocycles. The molecule has 26 heavy (non-hydrogen) atoms. The molecule has 0 fully saturated rings. The minimum atomic E-state index is -0.372. The molecule has 0 atom stereocenters. The smallest absolute Gasteiger partial charge is 0.255 e. The van der Waals surface area contributed by atoms with E-state index in [4.69, 9.17) is 12.2 Å². The Kier molecular flexibility index (Phi) is 7.23. The third-order valence-corrected chi connectivity index (χ3v) is 3.70. The molecule has 2 aromatic carbocycles. The molecule has 0 aromatic heterocycles. The Morgan fingerprint density at radius 2 is 1.77 bits per heavy atom. The maximum atomic E-state index is 12.9. The van der Waals surface area contributed by atoms with Crippen LogP contribution >= 0.6 is 12.2 Å². The number of halogens is 1. The summed E-state index contributed by atoms with van der Waals surface area (Å²) >= 11 is 5.11. The molecule has 0 aliphatic heterocycles. The lowest BCUT2D eigenvalue weighted by molar-refractivity contribution is -0.119. The van der Waals surface area contributed by atoms with Crippen molar-refractivity contribution in [3.8, 4) is 0 Å². The Morgan fingerprint density at radius 1 is 1.04 bits per heavy atom. The number of amides is 2. The van der Waals surface area contributed by atoms with Crippen LogP contribution in [0.2, 0.25) is 0 Å². The zero-order valence-corrected chi connectivity index (χ0v) is 15.2. The van der Waals surface area contributed by atoms with Crippen molar-refractivity contribution in [2.24, 2.45) is 0 Å². The van der Waals surface area contributed by atoms with Gasteiger partial charge in [-0.3, -0.25) is 9.59 Å². The number of carbonyl (C=O) groups excluding carboxylic acids is 2. The number of hydrogen-bond acceptors (Lipinski definition) is 3. The lowest BCUT2D eigenvalue weighted by Gasteiger charge is -2.11. The lowest BCUT2D eigenvalue weighted by Crippen LogP contribution is -2.33. The first-order valence-electron chi connectivity index (χ1n) is 8.25. The van der Waals surface area contributed by atoms with Gasteiger partial charge in [-0.1, -0.05) is 19.4 Å². The van der Waals surface area contributed by atoms with Crippen LogP contribution in [0.5, 0.6) is 0 Å². The molecule has 0 unspecified atom stereocenters. The maximum Gasteiger partial charge on any atom is 0.255 e. The van der Waals surface area contributed by atoms with Gasteiger partial charge >= 0.3 is 0 Å². The zero-order valence-electron chi connectivity index (χ0n) is 14.3. The average Bonchev–Trinajstić information content (AvgIpc) is 2.62. The van der Waals surface area contributed by atoms with Crippen LogP contribution in [-0.4, -0.2) is 16.9 Å². The van der Waals surface area contributed by atoms with E-state index in [0.717, 1.165) is 12.8 Å². The van der Waals surface area contributed by atoms with E-state index in [2.05, 4.69) is 16.0 Å². The Bertz CT molecular complexity index is 794. The number of carbonyl (C=O) groups is 2. The molecular weight excluding hydrogens is 353 g/mol. The summed E-state index contributed by atoms with van der Waals surface area (Å²) in [5.74, 6) is -0.851. The molecule has 0 radical (unpaired) electrons. The highest BCUT2D eigenvalue weighted by Gasteiger charge is 2.09. The van der Waals surface area contributed by atoms with Gasteiger partial charge in [0.1, 0.15) is 5.82 Å². The van der Waals surface area contributed by atoms with Crippen LogP contribution in [0.1, 0.15) is 36.5 Å². The molecule has 0 spiro atoms. The molecule has 7 heteroatoms. The van der Waals surface area contributed by atoms with E-state index in [1.54, 1.807) is 24.3 Å². The molecule has 5 nitrogen and oxygen atoms in total. The molecule has 2 rings (SSSR count). The summed E-state index contributed by atoms with van der Waals surface area (Å²) in [6.45, 7) is 2.01. The van der Waals surface area contributed by atoms with Crippen molar-refractivity contribution in [3.05, 3.63) is 59.9 Å². The normalized spacial score (nSPS) is 10.1. The minimum Gasteiger partial charge on any atom is -0.332 e. The third-order valence-electron chi connectivity index (χ3n) is 3.50. The molecule has 2 aromatic rings. The molecule has 0 aliphatic carbocycles. The molecule has 3 N–H and O–H groups in total. The number of benzene rings is 2. The van der Waals surface area contributed by atoms with Gasteiger partial charge in [0.05, 0.1) is 0 Å². The summed E-state index contributed by atoms with van der Waals surface area (Å²) in [6, 6.07) is 12.2. The van der Waals surface area contributed by atoms with Crippen molar-refractivity contribution in [2.75, 3.05) is 10.6 Å². The fraction of sp³-hybridized carbons (Fsp3) is 0.211. The Labute approximate surface area is 157 Å². The van der Waals surface area contributed by atoms with Crippen LogP contribution in [0.3, 0.4) is 0 Å². The van der Waals surface area contributed by atoms with Gasteiger partial charge in [0.2, 0.25) is 5.91 Å². The van der Waals surface area contributed by atoms with Gasteiger partial charge in [-0.15, -0.1) is 0 Å². The van der Waals surface area contributed by atoms with Crippen molar-refractivity contribution in [1.82, 2.24) is 5.32 Å². The second-order valence-corrected chi connectivity index (χ2v) is 6.06. The van der Waals surface area contributed by atoms with Gasteiger partial charge in [-0.2, -0.15) is 0 Å². The molecular formula is C19H20FN3O2S. The summed E-state index contributed by atoms with van der Waals surface area (Å²) in [4.78, 5) is 24.0. The summed E-state index contributed by atoms with van der Waals surface area (Å²) in [5, 5.41) is 8.36. The van der Waals surface area contributed by atoms with Gasteiger partial charge in [0, 0.05) is 23.4 Å². The van der Waals surface area contributed by atoms with Gasteiger partial charge in [0.15, 0.2) is 5.11 Å².